The number of amides is 1. The summed E-state index contributed by atoms with van der Waals surface area (Å²) < 4.78 is 29.7. The maximum absolute atomic E-state index is 14.8. The minimum atomic E-state index is -1.89. The summed E-state index contributed by atoms with van der Waals surface area (Å²) in [4.78, 5) is 24.5. The van der Waals surface area contributed by atoms with Crippen LogP contribution in [0.4, 0.5) is 8.78 Å². The van der Waals surface area contributed by atoms with Gasteiger partial charge in [-0.15, -0.1) is 11.3 Å². The number of carbonyl (C=O) groups excluding carboxylic acids is 1. The van der Waals surface area contributed by atoms with E-state index in [9.17, 15) is 18.7 Å². The van der Waals surface area contributed by atoms with E-state index in [0.717, 1.165) is 27.5 Å². The van der Waals surface area contributed by atoms with E-state index < -0.39 is 23.3 Å². The Kier molecular flexibility index (Phi) is 5.26. The van der Waals surface area contributed by atoms with E-state index in [0.29, 0.717) is 5.56 Å². The Morgan fingerprint density at radius 1 is 1.18 bits per heavy atom. The molecule has 168 valence electrons. The van der Waals surface area contributed by atoms with Gasteiger partial charge < -0.3 is 10.0 Å². The van der Waals surface area contributed by atoms with Crippen LogP contribution in [0.15, 0.2) is 61.4 Å². The van der Waals surface area contributed by atoms with Crippen LogP contribution in [0.2, 0.25) is 0 Å². The Labute approximate surface area is 192 Å². The zero-order valence-electron chi connectivity index (χ0n) is 17.5. The molecule has 1 aliphatic rings. The number of carbonyl (C=O) groups is 1. The summed E-state index contributed by atoms with van der Waals surface area (Å²) in [5.74, 6) is -1.91. The van der Waals surface area contributed by atoms with Crippen LogP contribution in [0, 0.1) is 11.6 Å². The Bertz CT molecular complexity index is 1310. The van der Waals surface area contributed by atoms with Crippen molar-refractivity contribution < 1.29 is 18.7 Å². The summed E-state index contributed by atoms with van der Waals surface area (Å²) >= 11 is 1.49. The molecule has 3 aromatic heterocycles. The summed E-state index contributed by atoms with van der Waals surface area (Å²) in [5.41, 5.74) is -0.481. The SMILES string of the molecule is C[C@@H](N1Cc2sc(-c3ccncc3)cc2C1=O)[C@](O)(Cn1cncn1)c1ccc(F)cc1F. The summed E-state index contributed by atoms with van der Waals surface area (Å²) in [6, 6.07) is 7.74. The molecule has 0 fully saturated rings. The first-order valence-corrected chi connectivity index (χ1v) is 11.0. The van der Waals surface area contributed by atoms with Crippen LogP contribution in [0.5, 0.6) is 0 Å². The number of hydrogen-bond donors (Lipinski definition) is 1. The first kappa shape index (κ1) is 21.4. The van der Waals surface area contributed by atoms with E-state index in [4.69, 9.17) is 0 Å². The molecule has 0 radical (unpaired) electrons. The molecule has 5 rings (SSSR count). The number of nitrogens with zero attached hydrogens (tertiary/aromatic N) is 5. The third-order valence-corrected chi connectivity index (χ3v) is 7.17. The van der Waals surface area contributed by atoms with Crippen LogP contribution in [0.3, 0.4) is 0 Å². The second-order valence-corrected chi connectivity index (χ2v) is 9.07. The van der Waals surface area contributed by atoms with E-state index in [2.05, 4.69) is 15.1 Å². The Hall–Kier alpha value is -3.50. The second kappa shape index (κ2) is 8.13. The highest BCUT2D eigenvalue weighted by atomic mass is 32.1. The van der Waals surface area contributed by atoms with Gasteiger partial charge >= 0.3 is 0 Å². The first-order valence-electron chi connectivity index (χ1n) is 10.2. The summed E-state index contributed by atoms with van der Waals surface area (Å²) in [7, 11) is 0. The number of aliphatic hydroxyl groups is 1. The van der Waals surface area contributed by atoms with Crippen molar-refractivity contribution in [1.82, 2.24) is 24.6 Å². The molecular formula is C23H19F2N5O2S. The van der Waals surface area contributed by atoms with E-state index in [1.807, 2.05) is 18.2 Å². The monoisotopic (exact) mass is 467 g/mol. The van der Waals surface area contributed by atoms with Crippen molar-refractivity contribution in [3.8, 4) is 10.4 Å². The molecule has 0 unspecified atom stereocenters. The molecule has 7 nitrogen and oxygen atoms in total. The molecule has 4 heterocycles. The van der Waals surface area contributed by atoms with Crippen LogP contribution in [0.25, 0.3) is 10.4 Å². The average molecular weight is 468 g/mol. The smallest absolute Gasteiger partial charge is 0.255 e. The molecule has 0 bridgehead atoms. The highest BCUT2D eigenvalue weighted by molar-refractivity contribution is 7.16. The second-order valence-electron chi connectivity index (χ2n) is 7.93. The van der Waals surface area contributed by atoms with Crippen LogP contribution < -0.4 is 0 Å². The number of halogens is 2. The Morgan fingerprint density at radius 3 is 2.64 bits per heavy atom. The molecule has 2 atom stereocenters. The number of aromatic nitrogens is 4. The number of benzene rings is 1. The molecule has 4 aromatic rings. The molecule has 0 saturated carbocycles. The van der Waals surface area contributed by atoms with Crippen molar-refractivity contribution in [3.05, 3.63) is 89.1 Å². The Balaban J connectivity index is 1.49. The van der Waals surface area contributed by atoms with E-state index in [1.54, 1.807) is 19.3 Å². The number of thiophene rings is 1. The third-order valence-electron chi connectivity index (χ3n) is 6.00. The lowest BCUT2D eigenvalue weighted by Crippen LogP contribution is -2.52. The van der Waals surface area contributed by atoms with Crippen molar-refractivity contribution in [2.24, 2.45) is 0 Å². The third kappa shape index (κ3) is 3.70. The first-order chi connectivity index (χ1) is 15.9. The van der Waals surface area contributed by atoms with E-state index in [-0.39, 0.29) is 24.6 Å². The molecule has 0 saturated heterocycles. The number of pyridine rings is 1. The minimum Gasteiger partial charge on any atom is -0.381 e. The molecule has 1 aromatic carbocycles. The molecular weight excluding hydrogens is 448 g/mol. The van der Waals surface area contributed by atoms with Gasteiger partial charge in [0.25, 0.3) is 5.91 Å². The zero-order valence-corrected chi connectivity index (χ0v) is 18.3. The molecule has 0 spiro atoms. The van der Waals surface area contributed by atoms with Crippen molar-refractivity contribution >= 4 is 17.2 Å². The molecule has 10 heteroatoms. The van der Waals surface area contributed by atoms with Crippen LogP contribution in [-0.4, -0.2) is 41.7 Å². The van der Waals surface area contributed by atoms with Gasteiger partial charge in [-0.05, 0) is 36.8 Å². The fourth-order valence-corrected chi connectivity index (χ4v) is 5.34. The van der Waals surface area contributed by atoms with Gasteiger partial charge in [0.1, 0.15) is 29.9 Å². The van der Waals surface area contributed by atoms with Gasteiger partial charge in [0.2, 0.25) is 0 Å². The van der Waals surface area contributed by atoms with Gasteiger partial charge in [-0.3, -0.25) is 9.78 Å². The molecule has 0 aliphatic carbocycles. The van der Waals surface area contributed by atoms with Crippen molar-refractivity contribution in [1.29, 1.82) is 0 Å². The lowest BCUT2D eigenvalue weighted by Gasteiger charge is -2.39. The van der Waals surface area contributed by atoms with Gasteiger partial charge in [0.05, 0.1) is 24.7 Å². The van der Waals surface area contributed by atoms with E-state index in [1.165, 1.54) is 39.6 Å². The predicted molar refractivity (Wildman–Crippen MR) is 117 cm³/mol. The lowest BCUT2D eigenvalue weighted by molar-refractivity contribution is -0.0555. The summed E-state index contributed by atoms with van der Waals surface area (Å²) in [5, 5.41) is 15.8. The van der Waals surface area contributed by atoms with Gasteiger partial charge in [-0.25, -0.2) is 18.4 Å². The highest BCUT2D eigenvalue weighted by Crippen LogP contribution is 2.41. The zero-order chi connectivity index (χ0) is 23.2. The molecule has 1 N–H and O–H groups in total. The Morgan fingerprint density at radius 2 is 1.97 bits per heavy atom. The van der Waals surface area contributed by atoms with Gasteiger partial charge in [0, 0.05) is 33.8 Å². The summed E-state index contributed by atoms with van der Waals surface area (Å²) in [6.45, 7) is 1.75. The van der Waals surface area contributed by atoms with Crippen molar-refractivity contribution in [2.45, 2.75) is 31.7 Å². The number of fused-ring (bicyclic) bond motifs is 1. The minimum absolute atomic E-state index is 0.118. The fraction of sp³-hybridized carbons (Fsp3) is 0.217. The lowest BCUT2D eigenvalue weighted by atomic mass is 9.85. The van der Waals surface area contributed by atoms with Gasteiger partial charge in [-0.2, -0.15) is 5.10 Å². The number of hydrogen-bond acceptors (Lipinski definition) is 6. The average Bonchev–Trinajstić information content (AvgIpc) is 3.52. The predicted octanol–water partition coefficient (Wildman–Crippen LogP) is 3.61. The van der Waals surface area contributed by atoms with Gasteiger partial charge in [-0.1, -0.05) is 6.07 Å². The van der Waals surface area contributed by atoms with Crippen LogP contribution in [0.1, 0.15) is 27.7 Å². The fourth-order valence-electron chi connectivity index (χ4n) is 4.18. The highest BCUT2D eigenvalue weighted by Gasteiger charge is 2.46. The van der Waals surface area contributed by atoms with Crippen molar-refractivity contribution in [2.75, 3.05) is 0 Å². The van der Waals surface area contributed by atoms with Crippen LogP contribution >= 0.6 is 11.3 Å². The van der Waals surface area contributed by atoms with Crippen LogP contribution in [-0.2, 0) is 18.7 Å². The standard InChI is InChI=1S/C23H19F2N5O2S/c1-14(23(32,11-29-13-27-12-28-29)18-3-2-16(24)8-19(18)25)30-10-21-17(22(30)31)9-20(33-21)15-4-6-26-7-5-15/h2-9,12-14,32H,10-11H2,1H3/t14-,23-/m1/s1. The maximum Gasteiger partial charge on any atom is 0.255 e. The number of rotatable bonds is 6. The molecule has 33 heavy (non-hydrogen) atoms. The van der Waals surface area contributed by atoms with Crippen molar-refractivity contribution in [3.63, 3.8) is 0 Å². The topological polar surface area (TPSA) is 84.1 Å². The normalized spacial score (nSPS) is 16.0. The maximum atomic E-state index is 14.8. The molecule has 1 amide bonds. The quantitative estimate of drug-likeness (QED) is 0.468. The molecule has 1 aliphatic heterocycles. The van der Waals surface area contributed by atoms with E-state index >= 15 is 0 Å². The van der Waals surface area contributed by atoms with Gasteiger partial charge in [0.15, 0.2) is 0 Å². The largest absolute Gasteiger partial charge is 0.381 e. The summed E-state index contributed by atoms with van der Waals surface area (Å²) in [6.07, 6.45) is 6.07.